The largest absolute Gasteiger partial charge is 0.507 e. The first kappa shape index (κ1) is 20.9. The molecule has 1 heterocycles. The number of hydrogen-bond acceptors (Lipinski definition) is 7. The molecule has 1 aromatic rings. The van der Waals surface area contributed by atoms with Gasteiger partial charge < -0.3 is 24.1 Å². The molecule has 0 aromatic heterocycles. The summed E-state index contributed by atoms with van der Waals surface area (Å²) in [5.41, 5.74) is 1.77. The van der Waals surface area contributed by atoms with E-state index in [1.54, 1.807) is 26.2 Å². The molecule has 7 nitrogen and oxygen atoms in total. The molecule has 3 aliphatic rings. The number of methoxy groups -OCH3 is 2. The summed E-state index contributed by atoms with van der Waals surface area (Å²) in [4.78, 5) is 25.8. The molecular formula is C23H28O7. The molecule has 30 heavy (non-hydrogen) atoms. The van der Waals surface area contributed by atoms with Crippen LogP contribution in [0.25, 0.3) is 0 Å². The van der Waals surface area contributed by atoms with E-state index in [2.05, 4.69) is 6.08 Å². The standard InChI is InChI=1S/C23H28O7/c1-5-29-20(25)16-10-14-12-22(28-4)23(21(26)27-3)17(8-9-30-22)13(2)6-7-18(23)15(14)11-19(16)24/h6,10-11,17-18,24H,5,7-9,12H2,1-4H3/t17-,18?,22+,23-/m0/s1. The number of esters is 2. The Morgan fingerprint density at radius 1 is 1.27 bits per heavy atom. The number of allylic oxidation sites excluding steroid dienone is 2. The Bertz CT molecular complexity index is 920. The zero-order chi connectivity index (χ0) is 21.7. The molecule has 0 radical (unpaired) electrons. The van der Waals surface area contributed by atoms with Gasteiger partial charge in [0.1, 0.15) is 16.7 Å². The lowest BCUT2D eigenvalue weighted by molar-refractivity contribution is -0.327. The number of carbonyl (C=O) groups is 2. The third-order valence-corrected chi connectivity index (χ3v) is 7.10. The van der Waals surface area contributed by atoms with Gasteiger partial charge >= 0.3 is 11.9 Å². The Labute approximate surface area is 175 Å². The van der Waals surface area contributed by atoms with Gasteiger partial charge in [-0.15, -0.1) is 0 Å². The molecule has 0 bridgehead atoms. The number of fused-ring (bicyclic) bond motifs is 2. The molecule has 1 fully saturated rings. The number of ether oxygens (including phenoxy) is 4. The molecule has 0 amide bonds. The molecule has 0 saturated carbocycles. The van der Waals surface area contributed by atoms with Crippen LogP contribution in [0.4, 0.5) is 0 Å². The quantitative estimate of drug-likeness (QED) is 0.596. The number of phenolic OH excluding ortho intramolecular Hbond substituents is 1. The third kappa shape index (κ3) is 2.58. The van der Waals surface area contributed by atoms with E-state index in [4.69, 9.17) is 18.9 Å². The maximum atomic E-state index is 13.5. The molecule has 0 spiro atoms. The SMILES string of the molecule is CCOC(=O)c1cc2c(cc1O)C1CC=C(C)[C@@H]3CCO[C@](OC)(C2)[C@]13C(=O)OC. The predicted molar refractivity (Wildman–Crippen MR) is 107 cm³/mol. The molecule has 1 aromatic carbocycles. The number of hydrogen-bond donors (Lipinski definition) is 1. The van der Waals surface area contributed by atoms with E-state index in [1.807, 2.05) is 6.92 Å². The van der Waals surface area contributed by atoms with Gasteiger partial charge in [-0.2, -0.15) is 0 Å². The van der Waals surface area contributed by atoms with Gasteiger partial charge in [-0.1, -0.05) is 11.6 Å². The lowest BCUT2D eigenvalue weighted by Crippen LogP contribution is -2.69. The van der Waals surface area contributed by atoms with E-state index in [0.29, 0.717) is 19.4 Å². The molecule has 1 saturated heterocycles. The van der Waals surface area contributed by atoms with Crippen LogP contribution in [0.1, 0.15) is 54.1 Å². The third-order valence-electron chi connectivity index (χ3n) is 7.10. The van der Waals surface area contributed by atoms with E-state index in [-0.39, 0.29) is 42.1 Å². The molecule has 1 N–H and O–H groups in total. The van der Waals surface area contributed by atoms with Crippen molar-refractivity contribution in [1.29, 1.82) is 0 Å². The summed E-state index contributed by atoms with van der Waals surface area (Å²) in [5, 5.41) is 10.6. The van der Waals surface area contributed by atoms with Crippen LogP contribution in [0.5, 0.6) is 5.75 Å². The number of carbonyl (C=O) groups excluding carboxylic acids is 2. The lowest BCUT2D eigenvalue weighted by Gasteiger charge is -2.61. The highest BCUT2D eigenvalue weighted by Gasteiger charge is 2.71. The molecule has 2 aliphatic carbocycles. The van der Waals surface area contributed by atoms with Gasteiger partial charge in [0.25, 0.3) is 0 Å². The van der Waals surface area contributed by atoms with E-state index in [1.165, 1.54) is 7.11 Å². The van der Waals surface area contributed by atoms with Crippen molar-refractivity contribution in [1.82, 2.24) is 0 Å². The Morgan fingerprint density at radius 2 is 2.03 bits per heavy atom. The van der Waals surface area contributed by atoms with Gasteiger partial charge in [-0.05, 0) is 49.9 Å². The molecule has 7 heteroatoms. The molecule has 162 valence electrons. The normalized spacial score (nSPS) is 31.8. The van der Waals surface area contributed by atoms with Crippen molar-refractivity contribution in [3.63, 3.8) is 0 Å². The van der Waals surface area contributed by atoms with Crippen molar-refractivity contribution < 1.29 is 33.6 Å². The van der Waals surface area contributed by atoms with Crippen LogP contribution in [-0.2, 0) is 30.2 Å². The van der Waals surface area contributed by atoms with E-state index >= 15 is 0 Å². The first-order chi connectivity index (χ1) is 14.4. The smallest absolute Gasteiger partial charge is 0.341 e. The Morgan fingerprint density at radius 3 is 2.70 bits per heavy atom. The minimum Gasteiger partial charge on any atom is -0.507 e. The lowest BCUT2D eigenvalue weighted by atomic mass is 9.49. The molecular weight excluding hydrogens is 388 g/mol. The van der Waals surface area contributed by atoms with Crippen molar-refractivity contribution in [3.8, 4) is 5.75 Å². The maximum Gasteiger partial charge on any atom is 0.341 e. The van der Waals surface area contributed by atoms with Gasteiger partial charge in [0.15, 0.2) is 5.79 Å². The Kier molecular flexibility index (Phi) is 5.14. The summed E-state index contributed by atoms with van der Waals surface area (Å²) in [6.07, 6.45) is 3.67. The Balaban J connectivity index is 1.98. The second-order valence-electron chi connectivity index (χ2n) is 8.21. The van der Waals surface area contributed by atoms with Crippen molar-refractivity contribution in [2.24, 2.45) is 11.3 Å². The summed E-state index contributed by atoms with van der Waals surface area (Å²) < 4.78 is 22.7. The first-order valence-corrected chi connectivity index (χ1v) is 10.3. The van der Waals surface area contributed by atoms with E-state index < -0.39 is 17.2 Å². The van der Waals surface area contributed by atoms with Gasteiger partial charge in [-0.3, -0.25) is 4.79 Å². The highest BCUT2D eigenvalue weighted by molar-refractivity contribution is 5.93. The highest BCUT2D eigenvalue weighted by Crippen LogP contribution is 2.65. The minimum atomic E-state index is -1.22. The zero-order valence-corrected chi connectivity index (χ0v) is 17.8. The van der Waals surface area contributed by atoms with Crippen LogP contribution in [0, 0.1) is 11.3 Å². The summed E-state index contributed by atoms with van der Waals surface area (Å²) in [6.45, 7) is 4.41. The summed E-state index contributed by atoms with van der Waals surface area (Å²) >= 11 is 0. The number of benzene rings is 1. The summed E-state index contributed by atoms with van der Waals surface area (Å²) in [5.74, 6) is -2.75. The van der Waals surface area contributed by atoms with E-state index in [0.717, 1.165) is 16.7 Å². The molecule has 4 rings (SSSR count). The van der Waals surface area contributed by atoms with E-state index in [9.17, 15) is 14.7 Å². The van der Waals surface area contributed by atoms with Gasteiger partial charge in [0.05, 0.1) is 20.3 Å². The molecule has 1 unspecified atom stereocenters. The van der Waals surface area contributed by atoms with Crippen LogP contribution in [0.3, 0.4) is 0 Å². The zero-order valence-electron chi connectivity index (χ0n) is 17.8. The molecule has 4 atom stereocenters. The first-order valence-electron chi connectivity index (χ1n) is 10.3. The number of phenols is 1. The van der Waals surface area contributed by atoms with Crippen molar-refractivity contribution in [2.75, 3.05) is 27.4 Å². The fourth-order valence-corrected chi connectivity index (χ4v) is 5.91. The number of rotatable bonds is 4. The van der Waals surface area contributed by atoms with Gasteiger partial charge in [-0.25, -0.2) is 4.79 Å². The van der Waals surface area contributed by atoms with Crippen LogP contribution in [0.15, 0.2) is 23.8 Å². The van der Waals surface area contributed by atoms with Crippen molar-refractivity contribution in [2.45, 2.75) is 44.8 Å². The van der Waals surface area contributed by atoms with Crippen LogP contribution >= 0.6 is 0 Å². The highest BCUT2D eigenvalue weighted by atomic mass is 16.7. The second-order valence-corrected chi connectivity index (χ2v) is 8.21. The second kappa shape index (κ2) is 7.39. The minimum absolute atomic E-state index is 0.0994. The predicted octanol–water partition coefficient (Wildman–Crippen LogP) is 3.10. The fraction of sp³-hybridized carbons (Fsp3) is 0.565. The van der Waals surface area contributed by atoms with Crippen LogP contribution in [0.2, 0.25) is 0 Å². The monoisotopic (exact) mass is 416 g/mol. The average Bonchev–Trinajstić information content (AvgIpc) is 2.74. The van der Waals surface area contributed by atoms with Gasteiger partial charge in [0.2, 0.25) is 0 Å². The van der Waals surface area contributed by atoms with Crippen molar-refractivity contribution >= 4 is 11.9 Å². The maximum absolute atomic E-state index is 13.5. The topological polar surface area (TPSA) is 91.3 Å². The Hall–Kier alpha value is -2.38. The number of aromatic hydroxyl groups is 1. The van der Waals surface area contributed by atoms with Crippen LogP contribution < -0.4 is 0 Å². The van der Waals surface area contributed by atoms with Crippen molar-refractivity contribution in [3.05, 3.63) is 40.5 Å². The van der Waals surface area contributed by atoms with Crippen LogP contribution in [-0.4, -0.2) is 50.3 Å². The fourth-order valence-electron chi connectivity index (χ4n) is 5.91. The van der Waals surface area contributed by atoms with Gasteiger partial charge in [0, 0.05) is 25.4 Å². The molecule has 1 aliphatic heterocycles. The summed E-state index contributed by atoms with van der Waals surface area (Å²) in [6, 6.07) is 3.24. The average molecular weight is 416 g/mol. The summed E-state index contributed by atoms with van der Waals surface area (Å²) in [7, 11) is 2.94.